The van der Waals surface area contributed by atoms with Crippen LogP contribution in [-0.4, -0.2) is 78.9 Å². The van der Waals surface area contributed by atoms with Gasteiger partial charge in [0.25, 0.3) is 5.91 Å². The third-order valence-electron chi connectivity index (χ3n) is 8.39. The summed E-state index contributed by atoms with van der Waals surface area (Å²) in [6, 6.07) is 10.3. The van der Waals surface area contributed by atoms with Crippen molar-refractivity contribution < 1.29 is 35.9 Å². The number of nitrogens with zero attached hydrogens (tertiary/aromatic N) is 2. The van der Waals surface area contributed by atoms with E-state index in [4.69, 9.17) is 4.74 Å². The number of nitrogens with one attached hydrogen (secondary N) is 3. The molecule has 2 bridgehead atoms. The zero-order valence-corrected chi connectivity index (χ0v) is 25.8. The first-order valence-corrected chi connectivity index (χ1v) is 16.9. The van der Waals surface area contributed by atoms with Crippen molar-refractivity contribution in [1.29, 1.82) is 0 Å². The second-order valence-corrected chi connectivity index (χ2v) is 13.9. The summed E-state index contributed by atoms with van der Waals surface area (Å²) in [5.41, 5.74) is 3.85. The first-order valence-electron chi connectivity index (χ1n) is 14.8. The van der Waals surface area contributed by atoms with Gasteiger partial charge in [0.05, 0.1) is 6.04 Å². The topological polar surface area (TPSA) is 130 Å². The molecule has 1 aliphatic carbocycles. The van der Waals surface area contributed by atoms with Crippen LogP contribution in [-0.2, 0) is 25.8 Å². The second-order valence-electron chi connectivity index (χ2n) is 11.7. The highest BCUT2D eigenvalue weighted by molar-refractivity contribution is 7.90. The number of halogens is 3. The van der Waals surface area contributed by atoms with Crippen LogP contribution in [0.1, 0.15) is 61.9 Å². The van der Waals surface area contributed by atoms with Crippen molar-refractivity contribution in [2.45, 2.75) is 88.8 Å². The monoisotopic (exact) mass is 639 g/mol. The van der Waals surface area contributed by atoms with Crippen LogP contribution in [0.4, 0.5) is 19.0 Å². The number of hydrogen-bond donors (Lipinski definition) is 3. The quantitative estimate of drug-likeness (QED) is 0.221. The number of carbonyl (C=O) groups is 2. The molecule has 1 amide bonds. The number of hydrazine groups is 1. The molecular weight excluding hydrogens is 599 g/mol. The van der Waals surface area contributed by atoms with Gasteiger partial charge in [0.1, 0.15) is 17.8 Å². The highest BCUT2D eigenvalue weighted by atomic mass is 32.2. The number of piperidine rings is 2. The fraction of sp³-hybridized carbons (Fsp3) is 0.567. The number of hydrogen-bond acceptors (Lipinski definition) is 9. The largest absolute Gasteiger partial charge is 0.490 e. The summed E-state index contributed by atoms with van der Waals surface area (Å²) >= 11 is 0. The SMILES string of the molecule is CC[C@H](C)N(NC(=O)c1ccnc(NCS(C)(=O)=O)c1)[C@@H](Cc1ccccc1)[C@@H](OC(=O)C(F)(F)F)[C@@H]1NC2CCC1CC2. The smallest absolute Gasteiger partial charge is 0.452 e. The molecule has 0 spiro atoms. The van der Waals surface area contributed by atoms with E-state index in [2.05, 4.69) is 21.0 Å². The van der Waals surface area contributed by atoms with Gasteiger partial charge < -0.3 is 15.4 Å². The van der Waals surface area contributed by atoms with E-state index in [1.165, 1.54) is 18.3 Å². The molecule has 3 fully saturated rings. The maximum atomic E-state index is 13.7. The van der Waals surface area contributed by atoms with Crippen molar-refractivity contribution in [3.63, 3.8) is 0 Å². The number of esters is 1. The van der Waals surface area contributed by atoms with Gasteiger partial charge in [0.2, 0.25) is 0 Å². The number of ether oxygens (including phenoxy) is 1. The molecule has 242 valence electrons. The van der Waals surface area contributed by atoms with Gasteiger partial charge in [0, 0.05) is 36.1 Å². The van der Waals surface area contributed by atoms with Crippen LogP contribution in [0, 0.1) is 5.92 Å². The van der Waals surface area contributed by atoms with E-state index >= 15 is 0 Å². The number of alkyl halides is 3. The number of anilines is 1. The number of aromatic nitrogens is 1. The summed E-state index contributed by atoms with van der Waals surface area (Å²) in [7, 11) is -3.36. The van der Waals surface area contributed by atoms with Crippen molar-refractivity contribution in [1.82, 2.24) is 20.7 Å². The molecule has 14 heteroatoms. The van der Waals surface area contributed by atoms with Crippen LogP contribution in [0.15, 0.2) is 48.7 Å². The molecule has 0 radical (unpaired) electrons. The van der Waals surface area contributed by atoms with Gasteiger partial charge in [0.15, 0.2) is 9.84 Å². The molecule has 44 heavy (non-hydrogen) atoms. The molecule has 0 unspecified atom stereocenters. The lowest BCUT2D eigenvalue weighted by atomic mass is 9.73. The van der Waals surface area contributed by atoms with Crippen LogP contribution in [0.2, 0.25) is 0 Å². The molecule has 2 aliphatic heterocycles. The van der Waals surface area contributed by atoms with Crippen LogP contribution >= 0.6 is 0 Å². The number of amides is 1. The number of sulfone groups is 1. The summed E-state index contributed by atoms with van der Waals surface area (Å²) in [6.07, 6.45) is 0.0838. The van der Waals surface area contributed by atoms with Crippen molar-refractivity contribution in [3.05, 3.63) is 59.8 Å². The third kappa shape index (κ3) is 8.91. The van der Waals surface area contributed by atoms with E-state index in [0.717, 1.165) is 37.5 Å². The van der Waals surface area contributed by atoms with Gasteiger partial charge in [-0.1, -0.05) is 37.3 Å². The summed E-state index contributed by atoms with van der Waals surface area (Å²) in [5.74, 6) is -3.06. The molecule has 1 aromatic carbocycles. The number of pyridine rings is 1. The van der Waals surface area contributed by atoms with E-state index in [0.29, 0.717) is 6.42 Å². The molecule has 4 atom stereocenters. The standard InChI is InChI=1S/C30H40F3N5O5S/c1-4-19(2)38(37-28(39)22-14-15-34-25(17-22)35-18-44(3,41)42)24(16-20-8-6-5-7-9-20)27(43-29(40)30(31,32)33)26-21-10-12-23(36-26)13-11-21/h5-9,14-15,17,19,21,23-24,26-27,36H,4,10-13,16,18H2,1-3H3,(H,34,35)(H,37,39)/t19-,21?,23?,24-,26+,27+/m0/s1. The molecule has 10 nitrogen and oxygen atoms in total. The van der Waals surface area contributed by atoms with Gasteiger partial charge in [-0.2, -0.15) is 13.2 Å². The van der Waals surface area contributed by atoms with E-state index in [-0.39, 0.29) is 41.7 Å². The second kappa shape index (κ2) is 14.2. The van der Waals surface area contributed by atoms with E-state index in [1.807, 2.05) is 44.2 Å². The Bertz CT molecular complexity index is 1390. The Kier molecular flexibility index (Phi) is 10.9. The lowest BCUT2D eigenvalue weighted by Gasteiger charge is -2.50. The molecule has 5 rings (SSSR count). The zero-order valence-electron chi connectivity index (χ0n) is 25.0. The summed E-state index contributed by atoms with van der Waals surface area (Å²) in [4.78, 5) is 30.2. The Morgan fingerprint density at radius 3 is 2.39 bits per heavy atom. The molecule has 2 aromatic rings. The van der Waals surface area contributed by atoms with E-state index in [1.54, 1.807) is 5.01 Å². The summed E-state index contributed by atoms with van der Waals surface area (Å²) in [6.45, 7) is 3.73. The van der Waals surface area contributed by atoms with Crippen LogP contribution in [0.25, 0.3) is 0 Å². The van der Waals surface area contributed by atoms with Crippen molar-refractivity contribution >= 4 is 27.5 Å². The minimum absolute atomic E-state index is 0.00228. The van der Waals surface area contributed by atoms with Crippen LogP contribution < -0.4 is 16.1 Å². The molecule has 3 N–H and O–H groups in total. The first kappa shape index (κ1) is 33.7. The van der Waals surface area contributed by atoms with Crippen LogP contribution in [0.5, 0.6) is 0 Å². The lowest BCUT2D eigenvalue weighted by molar-refractivity contribution is -0.212. The van der Waals surface area contributed by atoms with Crippen molar-refractivity contribution in [2.75, 3.05) is 17.4 Å². The van der Waals surface area contributed by atoms with Gasteiger partial charge >= 0.3 is 12.1 Å². The number of rotatable bonds is 13. The van der Waals surface area contributed by atoms with Gasteiger partial charge in [-0.15, -0.1) is 0 Å². The predicted octanol–water partition coefficient (Wildman–Crippen LogP) is 3.86. The van der Waals surface area contributed by atoms with Crippen molar-refractivity contribution in [2.24, 2.45) is 5.92 Å². The Hall–Kier alpha value is -3.23. The molecule has 3 heterocycles. The normalized spacial score (nSPS) is 22.2. The Morgan fingerprint density at radius 1 is 1.14 bits per heavy atom. The molecule has 1 aromatic heterocycles. The highest BCUT2D eigenvalue weighted by Gasteiger charge is 2.50. The average molecular weight is 640 g/mol. The van der Waals surface area contributed by atoms with Gasteiger partial charge in [-0.3, -0.25) is 10.2 Å². The average Bonchev–Trinajstić information content (AvgIpc) is 3.00. The summed E-state index contributed by atoms with van der Waals surface area (Å²) in [5, 5.41) is 7.74. The number of carbonyl (C=O) groups excluding carboxylic acids is 2. The van der Waals surface area contributed by atoms with Gasteiger partial charge in [-0.05, 0) is 69.1 Å². The number of benzene rings is 1. The molecule has 3 aliphatic rings. The predicted molar refractivity (Wildman–Crippen MR) is 159 cm³/mol. The highest BCUT2D eigenvalue weighted by Crippen LogP contribution is 2.37. The molecular formula is C30H40F3N5O5S. The van der Waals surface area contributed by atoms with Crippen LogP contribution in [0.3, 0.4) is 0 Å². The minimum Gasteiger partial charge on any atom is -0.452 e. The maximum absolute atomic E-state index is 13.7. The third-order valence-corrected chi connectivity index (χ3v) is 9.06. The fourth-order valence-electron chi connectivity index (χ4n) is 6.00. The molecule has 2 saturated heterocycles. The molecule has 1 saturated carbocycles. The Morgan fingerprint density at radius 2 is 1.82 bits per heavy atom. The number of fused-ring (bicyclic) bond motifs is 3. The lowest BCUT2D eigenvalue weighted by Crippen LogP contribution is -2.67. The van der Waals surface area contributed by atoms with E-state index < -0.39 is 46.1 Å². The fourth-order valence-corrected chi connectivity index (χ4v) is 6.41. The first-order chi connectivity index (χ1) is 20.7. The summed E-state index contributed by atoms with van der Waals surface area (Å²) < 4.78 is 69.6. The zero-order chi connectivity index (χ0) is 32.1. The van der Waals surface area contributed by atoms with Gasteiger partial charge in [-0.25, -0.2) is 23.2 Å². The Labute approximate surface area is 256 Å². The minimum atomic E-state index is -5.19. The maximum Gasteiger partial charge on any atom is 0.490 e. The van der Waals surface area contributed by atoms with E-state index in [9.17, 15) is 31.2 Å². The van der Waals surface area contributed by atoms with Crippen molar-refractivity contribution in [3.8, 4) is 0 Å². The Balaban J connectivity index is 1.72.